The van der Waals surface area contributed by atoms with Crippen LogP contribution in [0.3, 0.4) is 0 Å². The van der Waals surface area contributed by atoms with Crippen molar-refractivity contribution in [2.75, 3.05) is 0 Å². The van der Waals surface area contributed by atoms with Gasteiger partial charge in [0.05, 0.1) is 5.69 Å². The Bertz CT molecular complexity index is 575. The van der Waals surface area contributed by atoms with E-state index in [4.69, 9.17) is 11.6 Å². The maximum atomic E-state index is 11.1. The van der Waals surface area contributed by atoms with Crippen LogP contribution in [0, 0.1) is 5.92 Å². The van der Waals surface area contributed by atoms with Crippen LogP contribution in [0.5, 0.6) is 0 Å². The molecule has 0 saturated carbocycles. The molecule has 0 amide bonds. The number of benzene rings is 1. The maximum absolute atomic E-state index is 11.1. The van der Waals surface area contributed by atoms with E-state index in [1.807, 2.05) is 28.9 Å². The molecule has 0 aliphatic heterocycles. The van der Waals surface area contributed by atoms with Crippen molar-refractivity contribution >= 4 is 17.9 Å². The van der Waals surface area contributed by atoms with Crippen molar-refractivity contribution in [3.63, 3.8) is 0 Å². The Kier molecular flexibility index (Phi) is 4.90. The van der Waals surface area contributed by atoms with Gasteiger partial charge in [-0.25, -0.2) is 4.68 Å². The average molecular weight is 292 g/mol. The van der Waals surface area contributed by atoms with Gasteiger partial charge in [0.15, 0.2) is 6.29 Å². The van der Waals surface area contributed by atoms with E-state index in [1.54, 1.807) is 0 Å². The highest BCUT2D eigenvalue weighted by Crippen LogP contribution is 2.15. The SMILES string of the molecule is CC(C)CCn1nnc(C=O)c1Cc1ccc(Cl)cc1. The third-order valence-corrected chi connectivity index (χ3v) is 3.43. The summed E-state index contributed by atoms with van der Waals surface area (Å²) in [5.41, 5.74) is 2.37. The largest absolute Gasteiger partial charge is 0.296 e. The quantitative estimate of drug-likeness (QED) is 0.767. The number of halogens is 1. The van der Waals surface area contributed by atoms with Gasteiger partial charge in [0.25, 0.3) is 0 Å². The van der Waals surface area contributed by atoms with Gasteiger partial charge in [0.2, 0.25) is 0 Å². The monoisotopic (exact) mass is 291 g/mol. The van der Waals surface area contributed by atoms with E-state index in [9.17, 15) is 4.79 Å². The summed E-state index contributed by atoms with van der Waals surface area (Å²) in [6.07, 6.45) is 2.41. The molecule has 2 rings (SSSR count). The molecule has 2 aromatic rings. The number of carbonyl (C=O) groups is 1. The van der Waals surface area contributed by atoms with E-state index in [0.29, 0.717) is 23.1 Å². The molecule has 0 fully saturated rings. The van der Waals surface area contributed by atoms with Gasteiger partial charge in [-0.05, 0) is 30.0 Å². The Labute approximate surface area is 123 Å². The van der Waals surface area contributed by atoms with E-state index < -0.39 is 0 Å². The molecule has 1 aromatic heterocycles. The van der Waals surface area contributed by atoms with Crippen molar-refractivity contribution in [2.24, 2.45) is 5.92 Å². The second kappa shape index (κ2) is 6.66. The summed E-state index contributed by atoms with van der Waals surface area (Å²) >= 11 is 5.88. The highest BCUT2D eigenvalue weighted by Gasteiger charge is 2.13. The lowest BCUT2D eigenvalue weighted by Crippen LogP contribution is -2.09. The van der Waals surface area contributed by atoms with Crippen LogP contribution >= 0.6 is 11.6 Å². The summed E-state index contributed by atoms with van der Waals surface area (Å²) in [5, 5.41) is 8.73. The molecule has 106 valence electrons. The zero-order valence-electron chi connectivity index (χ0n) is 11.7. The van der Waals surface area contributed by atoms with E-state index in [-0.39, 0.29) is 0 Å². The molecule has 1 heterocycles. The van der Waals surface area contributed by atoms with Crippen molar-refractivity contribution in [1.29, 1.82) is 0 Å². The van der Waals surface area contributed by atoms with Gasteiger partial charge in [-0.1, -0.05) is 42.8 Å². The smallest absolute Gasteiger partial charge is 0.172 e. The summed E-state index contributed by atoms with van der Waals surface area (Å²) in [4.78, 5) is 11.1. The molecule has 0 aliphatic carbocycles. The molecular weight excluding hydrogens is 274 g/mol. The Morgan fingerprint density at radius 1 is 1.30 bits per heavy atom. The van der Waals surface area contributed by atoms with E-state index >= 15 is 0 Å². The van der Waals surface area contributed by atoms with Gasteiger partial charge < -0.3 is 0 Å². The predicted octanol–water partition coefficient (Wildman–Crippen LogP) is 3.38. The third-order valence-electron chi connectivity index (χ3n) is 3.18. The highest BCUT2D eigenvalue weighted by molar-refractivity contribution is 6.30. The molecule has 0 N–H and O–H groups in total. The highest BCUT2D eigenvalue weighted by atomic mass is 35.5. The number of aryl methyl sites for hydroxylation is 1. The molecular formula is C15H18ClN3O. The number of carbonyl (C=O) groups excluding carboxylic acids is 1. The Morgan fingerprint density at radius 3 is 2.60 bits per heavy atom. The van der Waals surface area contributed by atoms with Crippen LogP contribution in [0.4, 0.5) is 0 Å². The van der Waals surface area contributed by atoms with Crippen LogP contribution in [0.25, 0.3) is 0 Å². The topological polar surface area (TPSA) is 47.8 Å². The minimum atomic E-state index is 0.420. The summed E-state index contributed by atoms with van der Waals surface area (Å²) in [6.45, 7) is 5.11. The predicted molar refractivity (Wildman–Crippen MR) is 79.1 cm³/mol. The molecule has 5 heteroatoms. The maximum Gasteiger partial charge on any atom is 0.172 e. The van der Waals surface area contributed by atoms with Crippen molar-refractivity contribution in [3.8, 4) is 0 Å². The van der Waals surface area contributed by atoms with Crippen LogP contribution < -0.4 is 0 Å². The first-order valence-electron chi connectivity index (χ1n) is 6.72. The minimum absolute atomic E-state index is 0.420. The molecule has 0 saturated heterocycles. The van der Waals surface area contributed by atoms with Crippen molar-refractivity contribution in [2.45, 2.75) is 33.2 Å². The molecule has 0 unspecified atom stereocenters. The van der Waals surface area contributed by atoms with E-state index in [1.165, 1.54) is 0 Å². The molecule has 1 aromatic carbocycles. The Hall–Kier alpha value is -1.68. The lowest BCUT2D eigenvalue weighted by molar-refractivity contribution is 0.111. The lowest BCUT2D eigenvalue weighted by Gasteiger charge is -2.09. The summed E-state index contributed by atoms with van der Waals surface area (Å²) in [5.74, 6) is 0.585. The molecule has 4 nitrogen and oxygen atoms in total. The number of nitrogens with zero attached hydrogens (tertiary/aromatic N) is 3. The fourth-order valence-corrected chi connectivity index (χ4v) is 2.10. The first kappa shape index (κ1) is 14.7. The van der Waals surface area contributed by atoms with Gasteiger partial charge in [0, 0.05) is 18.0 Å². The van der Waals surface area contributed by atoms with Crippen molar-refractivity contribution < 1.29 is 4.79 Å². The zero-order chi connectivity index (χ0) is 14.5. The van der Waals surface area contributed by atoms with Gasteiger partial charge in [-0.15, -0.1) is 5.10 Å². The number of aldehydes is 1. The minimum Gasteiger partial charge on any atom is -0.296 e. The fraction of sp³-hybridized carbons (Fsp3) is 0.400. The van der Waals surface area contributed by atoms with Crippen molar-refractivity contribution in [1.82, 2.24) is 15.0 Å². The van der Waals surface area contributed by atoms with Crippen LogP contribution in [0.2, 0.25) is 5.02 Å². The third kappa shape index (κ3) is 3.67. The molecule has 0 aliphatic rings. The summed E-state index contributed by atoms with van der Waals surface area (Å²) < 4.78 is 1.83. The lowest BCUT2D eigenvalue weighted by atomic mass is 10.1. The molecule has 20 heavy (non-hydrogen) atoms. The van der Waals surface area contributed by atoms with Gasteiger partial charge in [-0.2, -0.15) is 0 Å². The zero-order valence-corrected chi connectivity index (χ0v) is 12.5. The van der Waals surface area contributed by atoms with Gasteiger partial charge in [0.1, 0.15) is 5.69 Å². The average Bonchev–Trinajstić information content (AvgIpc) is 2.81. The molecule has 0 atom stereocenters. The number of hydrogen-bond donors (Lipinski definition) is 0. The van der Waals surface area contributed by atoms with Crippen LogP contribution in [-0.2, 0) is 13.0 Å². The number of rotatable bonds is 6. The van der Waals surface area contributed by atoms with Crippen LogP contribution in [-0.4, -0.2) is 21.3 Å². The number of aromatic nitrogens is 3. The van der Waals surface area contributed by atoms with E-state index in [2.05, 4.69) is 24.2 Å². The van der Waals surface area contributed by atoms with E-state index in [0.717, 1.165) is 30.5 Å². The normalized spacial score (nSPS) is 11.0. The Balaban J connectivity index is 2.21. The number of hydrogen-bond acceptors (Lipinski definition) is 3. The van der Waals surface area contributed by atoms with Crippen LogP contribution in [0.1, 0.15) is 42.0 Å². The standard InChI is InChI=1S/C15H18ClN3O/c1-11(2)7-8-19-15(14(10-20)17-18-19)9-12-3-5-13(16)6-4-12/h3-6,10-11H,7-9H2,1-2H3. The summed E-state index contributed by atoms with van der Waals surface area (Å²) in [6, 6.07) is 7.60. The fourth-order valence-electron chi connectivity index (χ4n) is 1.98. The second-order valence-electron chi connectivity index (χ2n) is 5.25. The summed E-state index contributed by atoms with van der Waals surface area (Å²) in [7, 11) is 0. The Morgan fingerprint density at radius 2 is 2.00 bits per heavy atom. The van der Waals surface area contributed by atoms with Crippen molar-refractivity contribution in [3.05, 3.63) is 46.2 Å². The van der Waals surface area contributed by atoms with Gasteiger partial charge in [-0.3, -0.25) is 4.79 Å². The van der Waals surface area contributed by atoms with Gasteiger partial charge >= 0.3 is 0 Å². The molecule has 0 radical (unpaired) electrons. The second-order valence-corrected chi connectivity index (χ2v) is 5.68. The van der Waals surface area contributed by atoms with Crippen LogP contribution in [0.15, 0.2) is 24.3 Å². The molecule has 0 spiro atoms. The molecule has 0 bridgehead atoms. The first-order chi connectivity index (χ1) is 9.60. The first-order valence-corrected chi connectivity index (χ1v) is 7.10.